The molecule has 0 saturated carbocycles. The zero-order valence-electron chi connectivity index (χ0n) is 13.0. The molecule has 0 bridgehead atoms. The topological polar surface area (TPSA) is 46.0 Å². The molecule has 3 heteroatoms. The van der Waals surface area contributed by atoms with E-state index in [4.69, 9.17) is 0 Å². The second-order valence-electron chi connectivity index (χ2n) is 5.64. The summed E-state index contributed by atoms with van der Waals surface area (Å²) in [6.45, 7) is 6.10. The van der Waals surface area contributed by atoms with E-state index in [9.17, 15) is 5.11 Å². The molecular formula is C19H18N2O. The summed E-state index contributed by atoms with van der Waals surface area (Å²) in [6.07, 6.45) is 3.53. The molecule has 3 nitrogen and oxygen atoms in total. The highest BCUT2D eigenvalue weighted by Gasteiger charge is 2.09. The molecule has 3 aromatic rings. The molecule has 22 heavy (non-hydrogen) atoms. The first-order valence-electron chi connectivity index (χ1n) is 7.24. The number of aromatic nitrogens is 2. The first-order chi connectivity index (χ1) is 10.5. The fourth-order valence-corrected chi connectivity index (χ4v) is 2.74. The van der Waals surface area contributed by atoms with E-state index in [1.54, 1.807) is 18.5 Å². The van der Waals surface area contributed by atoms with Gasteiger partial charge in [-0.1, -0.05) is 29.3 Å². The normalized spacial score (nSPS) is 10.7. The molecular weight excluding hydrogens is 272 g/mol. The van der Waals surface area contributed by atoms with Crippen molar-refractivity contribution in [3.05, 3.63) is 65.5 Å². The standard InChI is InChI=1S/C19H18N2O/c1-12-7-13(2)9-15(8-12)19-20-10-16(11-21-19)18-14(3)5-4-6-17(18)22/h4-11,22H,1-3H3. The van der Waals surface area contributed by atoms with Crippen LogP contribution >= 0.6 is 0 Å². The maximum absolute atomic E-state index is 10.0. The monoisotopic (exact) mass is 290 g/mol. The SMILES string of the molecule is Cc1cc(C)cc(-c2ncc(-c3c(C)cccc3O)cn2)c1. The van der Waals surface area contributed by atoms with Gasteiger partial charge >= 0.3 is 0 Å². The van der Waals surface area contributed by atoms with Gasteiger partial charge in [0.1, 0.15) is 5.75 Å². The van der Waals surface area contributed by atoms with Crippen LogP contribution in [0.15, 0.2) is 48.8 Å². The molecule has 0 saturated heterocycles. The van der Waals surface area contributed by atoms with E-state index >= 15 is 0 Å². The Morgan fingerprint density at radius 1 is 0.818 bits per heavy atom. The minimum absolute atomic E-state index is 0.253. The largest absolute Gasteiger partial charge is 0.507 e. The van der Waals surface area contributed by atoms with Crippen molar-refractivity contribution < 1.29 is 5.11 Å². The fourth-order valence-electron chi connectivity index (χ4n) is 2.74. The van der Waals surface area contributed by atoms with Crippen LogP contribution in [0.25, 0.3) is 22.5 Å². The van der Waals surface area contributed by atoms with Crippen LogP contribution in [0.3, 0.4) is 0 Å². The second kappa shape index (κ2) is 5.60. The van der Waals surface area contributed by atoms with Gasteiger partial charge in [0.05, 0.1) is 0 Å². The Kier molecular flexibility index (Phi) is 3.63. The maximum Gasteiger partial charge on any atom is 0.159 e. The number of aromatic hydroxyl groups is 1. The zero-order valence-corrected chi connectivity index (χ0v) is 13.0. The lowest BCUT2D eigenvalue weighted by atomic mass is 10.0. The Labute approximate surface area is 130 Å². The smallest absolute Gasteiger partial charge is 0.159 e. The van der Waals surface area contributed by atoms with Gasteiger partial charge in [0.2, 0.25) is 0 Å². The molecule has 1 heterocycles. The van der Waals surface area contributed by atoms with Crippen molar-refractivity contribution in [2.75, 3.05) is 0 Å². The fraction of sp³-hybridized carbons (Fsp3) is 0.158. The van der Waals surface area contributed by atoms with Crippen molar-refractivity contribution in [1.82, 2.24) is 9.97 Å². The summed E-state index contributed by atoms with van der Waals surface area (Å²) < 4.78 is 0. The lowest BCUT2D eigenvalue weighted by Crippen LogP contribution is -1.92. The summed E-state index contributed by atoms with van der Waals surface area (Å²) in [5.41, 5.74) is 6.01. The maximum atomic E-state index is 10.0. The molecule has 0 fully saturated rings. The molecule has 0 aliphatic carbocycles. The van der Waals surface area contributed by atoms with Crippen molar-refractivity contribution in [3.8, 4) is 28.3 Å². The zero-order chi connectivity index (χ0) is 15.7. The molecule has 0 unspecified atom stereocenters. The van der Waals surface area contributed by atoms with Gasteiger partial charge in [0, 0.05) is 29.1 Å². The molecule has 3 rings (SSSR count). The van der Waals surface area contributed by atoms with E-state index in [2.05, 4.69) is 42.0 Å². The van der Waals surface area contributed by atoms with E-state index in [0.29, 0.717) is 5.82 Å². The van der Waals surface area contributed by atoms with Crippen LogP contribution in [-0.4, -0.2) is 15.1 Å². The van der Waals surface area contributed by atoms with Crippen molar-refractivity contribution in [2.45, 2.75) is 20.8 Å². The van der Waals surface area contributed by atoms with Gasteiger partial charge in [-0.15, -0.1) is 0 Å². The number of phenolic OH excluding ortho intramolecular Hbond substituents is 1. The lowest BCUT2D eigenvalue weighted by Gasteiger charge is -2.09. The summed E-state index contributed by atoms with van der Waals surface area (Å²) in [5, 5.41) is 10.0. The van der Waals surface area contributed by atoms with Gasteiger partial charge in [0.25, 0.3) is 0 Å². The molecule has 0 radical (unpaired) electrons. The number of hydrogen-bond donors (Lipinski definition) is 1. The molecule has 110 valence electrons. The molecule has 0 aliphatic heterocycles. The van der Waals surface area contributed by atoms with Crippen LogP contribution in [0.1, 0.15) is 16.7 Å². The second-order valence-corrected chi connectivity index (χ2v) is 5.64. The van der Waals surface area contributed by atoms with Gasteiger partial charge in [-0.25, -0.2) is 9.97 Å². The molecule has 0 amide bonds. The third kappa shape index (κ3) is 2.70. The number of aryl methyl sites for hydroxylation is 3. The van der Waals surface area contributed by atoms with E-state index in [0.717, 1.165) is 22.3 Å². The third-order valence-electron chi connectivity index (χ3n) is 3.67. The molecule has 0 aliphatic rings. The van der Waals surface area contributed by atoms with Crippen LogP contribution in [-0.2, 0) is 0 Å². The molecule has 0 atom stereocenters. The highest BCUT2D eigenvalue weighted by atomic mass is 16.3. The Hall–Kier alpha value is -2.68. The van der Waals surface area contributed by atoms with Gasteiger partial charge in [-0.2, -0.15) is 0 Å². The lowest BCUT2D eigenvalue weighted by molar-refractivity contribution is 0.477. The van der Waals surface area contributed by atoms with Crippen LogP contribution in [0.4, 0.5) is 0 Å². The minimum Gasteiger partial charge on any atom is -0.507 e. The highest BCUT2D eigenvalue weighted by Crippen LogP contribution is 2.31. The molecule has 1 aromatic heterocycles. The third-order valence-corrected chi connectivity index (χ3v) is 3.67. The molecule has 0 spiro atoms. The first-order valence-corrected chi connectivity index (χ1v) is 7.24. The van der Waals surface area contributed by atoms with E-state index < -0.39 is 0 Å². The van der Waals surface area contributed by atoms with Gasteiger partial charge in [0.15, 0.2) is 5.82 Å². The predicted octanol–water partition coefficient (Wildman–Crippen LogP) is 4.44. The minimum atomic E-state index is 0.253. The quantitative estimate of drug-likeness (QED) is 0.759. The van der Waals surface area contributed by atoms with Gasteiger partial charge in [-0.3, -0.25) is 0 Å². The first kappa shape index (κ1) is 14.3. The summed E-state index contributed by atoms with van der Waals surface area (Å²) in [4.78, 5) is 8.94. The Morgan fingerprint density at radius 2 is 1.45 bits per heavy atom. The van der Waals surface area contributed by atoms with E-state index in [1.807, 2.05) is 19.1 Å². The van der Waals surface area contributed by atoms with Gasteiger partial charge in [-0.05, 0) is 44.5 Å². The Bertz CT molecular complexity index is 783. The summed E-state index contributed by atoms with van der Waals surface area (Å²) in [6, 6.07) is 11.8. The molecule has 2 aromatic carbocycles. The van der Waals surface area contributed by atoms with Crippen LogP contribution in [0.2, 0.25) is 0 Å². The Morgan fingerprint density at radius 3 is 2.05 bits per heavy atom. The number of benzene rings is 2. The summed E-state index contributed by atoms with van der Waals surface area (Å²) in [7, 11) is 0. The van der Waals surface area contributed by atoms with Gasteiger partial charge < -0.3 is 5.11 Å². The summed E-state index contributed by atoms with van der Waals surface area (Å²) in [5.74, 6) is 0.950. The highest BCUT2D eigenvalue weighted by molar-refractivity contribution is 5.73. The average Bonchev–Trinajstić information content (AvgIpc) is 2.47. The van der Waals surface area contributed by atoms with Crippen molar-refractivity contribution in [3.63, 3.8) is 0 Å². The Balaban J connectivity index is 2.03. The number of hydrogen-bond acceptors (Lipinski definition) is 3. The van der Waals surface area contributed by atoms with Crippen LogP contribution in [0, 0.1) is 20.8 Å². The van der Waals surface area contributed by atoms with Crippen molar-refractivity contribution in [1.29, 1.82) is 0 Å². The van der Waals surface area contributed by atoms with Crippen LogP contribution < -0.4 is 0 Å². The van der Waals surface area contributed by atoms with Crippen molar-refractivity contribution >= 4 is 0 Å². The van der Waals surface area contributed by atoms with Crippen LogP contribution in [0.5, 0.6) is 5.75 Å². The van der Waals surface area contributed by atoms with E-state index in [-0.39, 0.29) is 5.75 Å². The number of phenols is 1. The summed E-state index contributed by atoms with van der Waals surface area (Å²) >= 11 is 0. The molecule has 1 N–H and O–H groups in total. The van der Waals surface area contributed by atoms with E-state index in [1.165, 1.54) is 11.1 Å². The van der Waals surface area contributed by atoms with Crippen molar-refractivity contribution in [2.24, 2.45) is 0 Å². The average molecular weight is 290 g/mol. The number of nitrogens with zero attached hydrogens (tertiary/aromatic N) is 2. The predicted molar refractivity (Wildman–Crippen MR) is 88.8 cm³/mol. The number of rotatable bonds is 2.